The van der Waals surface area contributed by atoms with Gasteiger partial charge in [0, 0.05) is 20.4 Å². The van der Waals surface area contributed by atoms with Crippen molar-refractivity contribution in [2.75, 3.05) is 0 Å². The van der Waals surface area contributed by atoms with Crippen LogP contribution in [-0.4, -0.2) is 11.1 Å². The Hall–Kier alpha value is -0.780. The van der Waals surface area contributed by atoms with Gasteiger partial charge in [-0.1, -0.05) is 0 Å². The molecule has 0 fully saturated rings. The van der Waals surface area contributed by atoms with Crippen molar-refractivity contribution < 1.29 is 9.90 Å². The SMILES string of the molecule is Cc1sccc1SCc1sccc1C(=O)O. The van der Waals surface area contributed by atoms with E-state index < -0.39 is 5.97 Å². The number of hydrogen-bond acceptors (Lipinski definition) is 4. The number of carbonyl (C=O) groups is 1. The van der Waals surface area contributed by atoms with Gasteiger partial charge in [-0.15, -0.1) is 34.4 Å². The van der Waals surface area contributed by atoms with E-state index in [1.54, 1.807) is 29.2 Å². The molecule has 5 heteroatoms. The van der Waals surface area contributed by atoms with E-state index in [9.17, 15) is 4.79 Å². The highest BCUT2D eigenvalue weighted by atomic mass is 32.2. The van der Waals surface area contributed by atoms with E-state index in [-0.39, 0.29) is 0 Å². The van der Waals surface area contributed by atoms with E-state index in [4.69, 9.17) is 5.11 Å². The highest BCUT2D eigenvalue weighted by molar-refractivity contribution is 7.98. The Kier molecular flexibility index (Phi) is 3.68. The summed E-state index contributed by atoms with van der Waals surface area (Å²) in [6, 6.07) is 3.75. The largest absolute Gasteiger partial charge is 0.478 e. The third-order valence-corrected chi connectivity index (χ3v) is 5.41. The molecule has 0 aliphatic heterocycles. The van der Waals surface area contributed by atoms with Crippen molar-refractivity contribution in [3.63, 3.8) is 0 Å². The fourth-order valence-corrected chi connectivity index (χ4v) is 4.22. The minimum Gasteiger partial charge on any atom is -0.478 e. The molecule has 0 saturated carbocycles. The summed E-state index contributed by atoms with van der Waals surface area (Å²) in [6.45, 7) is 2.08. The number of hydrogen-bond donors (Lipinski definition) is 1. The Morgan fingerprint density at radius 1 is 1.38 bits per heavy atom. The first-order valence-corrected chi connectivity index (χ1v) is 7.39. The highest BCUT2D eigenvalue weighted by Gasteiger charge is 2.11. The number of rotatable bonds is 4. The maximum atomic E-state index is 10.9. The molecule has 0 spiro atoms. The maximum absolute atomic E-state index is 10.9. The standard InChI is InChI=1S/C11H10O2S3/c1-7-9(3-5-14-7)16-6-10-8(11(12)13)2-4-15-10/h2-5H,6H2,1H3,(H,12,13). The van der Waals surface area contributed by atoms with Crippen molar-refractivity contribution in [2.24, 2.45) is 0 Å². The van der Waals surface area contributed by atoms with Crippen molar-refractivity contribution in [1.82, 2.24) is 0 Å². The molecule has 2 aromatic heterocycles. The van der Waals surface area contributed by atoms with Gasteiger partial charge in [0.2, 0.25) is 0 Å². The van der Waals surface area contributed by atoms with Crippen LogP contribution in [0.1, 0.15) is 20.1 Å². The van der Waals surface area contributed by atoms with Gasteiger partial charge in [-0.3, -0.25) is 0 Å². The Morgan fingerprint density at radius 2 is 2.12 bits per heavy atom. The number of thioether (sulfide) groups is 1. The third kappa shape index (κ3) is 2.48. The lowest BCUT2D eigenvalue weighted by Gasteiger charge is -2.00. The monoisotopic (exact) mass is 270 g/mol. The smallest absolute Gasteiger partial charge is 0.336 e. The molecule has 1 N–H and O–H groups in total. The first kappa shape index (κ1) is 11.7. The molecule has 16 heavy (non-hydrogen) atoms. The van der Waals surface area contributed by atoms with Crippen LogP contribution in [0.25, 0.3) is 0 Å². The maximum Gasteiger partial charge on any atom is 0.336 e. The lowest BCUT2D eigenvalue weighted by atomic mass is 10.3. The van der Waals surface area contributed by atoms with Gasteiger partial charge >= 0.3 is 5.97 Å². The summed E-state index contributed by atoms with van der Waals surface area (Å²) in [5.74, 6) is -0.101. The summed E-state index contributed by atoms with van der Waals surface area (Å²) >= 11 is 4.93. The molecule has 0 aliphatic carbocycles. The Balaban J connectivity index is 2.08. The first-order chi connectivity index (χ1) is 7.68. The fraction of sp³-hybridized carbons (Fsp3) is 0.182. The van der Waals surface area contributed by atoms with Gasteiger partial charge in [-0.05, 0) is 29.8 Å². The first-order valence-electron chi connectivity index (χ1n) is 4.65. The molecule has 0 aromatic carbocycles. The van der Waals surface area contributed by atoms with E-state index in [1.165, 1.54) is 21.1 Å². The Labute approximate surface area is 106 Å². The molecule has 2 heterocycles. The van der Waals surface area contributed by atoms with Crippen molar-refractivity contribution in [1.29, 1.82) is 0 Å². The van der Waals surface area contributed by atoms with E-state index >= 15 is 0 Å². The number of carboxylic acids is 1. The molecule has 2 aromatic rings. The lowest BCUT2D eigenvalue weighted by Crippen LogP contribution is -1.96. The van der Waals surface area contributed by atoms with Gasteiger partial charge < -0.3 is 5.11 Å². The second kappa shape index (κ2) is 5.03. The predicted octanol–water partition coefficient (Wildman–Crippen LogP) is 4.11. The summed E-state index contributed by atoms with van der Waals surface area (Å²) in [7, 11) is 0. The molecule has 0 amide bonds. The average Bonchev–Trinajstić information content (AvgIpc) is 2.83. The molecule has 0 aliphatic rings. The summed E-state index contributed by atoms with van der Waals surface area (Å²) in [6.07, 6.45) is 0. The predicted molar refractivity (Wildman–Crippen MR) is 69.9 cm³/mol. The molecule has 2 nitrogen and oxygen atoms in total. The number of aromatic carboxylic acids is 1. The molecule has 84 valence electrons. The molecular formula is C11H10O2S3. The summed E-state index contributed by atoms with van der Waals surface area (Å²) < 4.78 is 0. The zero-order valence-corrected chi connectivity index (χ0v) is 11.0. The summed E-state index contributed by atoms with van der Waals surface area (Å²) in [4.78, 5) is 14.4. The van der Waals surface area contributed by atoms with Crippen LogP contribution in [0.5, 0.6) is 0 Å². The van der Waals surface area contributed by atoms with Gasteiger partial charge in [0.15, 0.2) is 0 Å². The van der Waals surface area contributed by atoms with Gasteiger partial charge in [0.1, 0.15) is 0 Å². The van der Waals surface area contributed by atoms with Crippen LogP contribution in [0, 0.1) is 6.92 Å². The molecule has 0 unspecified atom stereocenters. The van der Waals surface area contributed by atoms with E-state index in [1.807, 2.05) is 5.38 Å². The Bertz CT molecular complexity index is 499. The van der Waals surface area contributed by atoms with E-state index in [0.29, 0.717) is 5.56 Å². The topological polar surface area (TPSA) is 37.3 Å². The van der Waals surface area contributed by atoms with Crippen LogP contribution in [0.3, 0.4) is 0 Å². The number of thiophene rings is 2. The Morgan fingerprint density at radius 3 is 2.75 bits per heavy atom. The van der Waals surface area contributed by atoms with Crippen molar-refractivity contribution in [3.05, 3.63) is 38.2 Å². The zero-order valence-electron chi connectivity index (χ0n) is 8.60. The fourth-order valence-electron chi connectivity index (χ4n) is 1.31. The van der Waals surface area contributed by atoms with Crippen LogP contribution in [0.4, 0.5) is 0 Å². The molecule has 0 bridgehead atoms. The van der Waals surface area contributed by atoms with Gasteiger partial charge in [-0.2, -0.15) is 0 Å². The van der Waals surface area contributed by atoms with Crippen LogP contribution >= 0.6 is 34.4 Å². The van der Waals surface area contributed by atoms with Gasteiger partial charge in [0.05, 0.1) is 5.56 Å². The number of aryl methyl sites for hydroxylation is 1. The van der Waals surface area contributed by atoms with Crippen LogP contribution in [-0.2, 0) is 5.75 Å². The average molecular weight is 270 g/mol. The number of carboxylic acid groups (broad SMARTS) is 1. The quantitative estimate of drug-likeness (QED) is 0.850. The van der Waals surface area contributed by atoms with Gasteiger partial charge in [0.25, 0.3) is 0 Å². The minimum absolute atomic E-state index is 0.436. The van der Waals surface area contributed by atoms with Crippen molar-refractivity contribution in [2.45, 2.75) is 17.6 Å². The molecule has 2 rings (SSSR count). The van der Waals surface area contributed by atoms with E-state index in [2.05, 4.69) is 18.4 Å². The normalized spacial score (nSPS) is 10.6. The second-order valence-electron chi connectivity index (χ2n) is 3.19. The van der Waals surface area contributed by atoms with Crippen molar-refractivity contribution in [3.8, 4) is 0 Å². The minimum atomic E-state index is -0.834. The van der Waals surface area contributed by atoms with E-state index in [0.717, 1.165) is 10.6 Å². The summed E-state index contributed by atoms with van der Waals surface area (Å²) in [5, 5.41) is 12.9. The van der Waals surface area contributed by atoms with Crippen LogP contribution in [0.15, 0.2) is 27.8 Å². The molecule has 0 radical (unpaired) electrons. The van der Waals surface area contributed by atoms with Crippen LogP contribution in [0.2, 0.25) is 0 Å². The molecule has 0 atom stereocenters. The highest BCUT2D eigenvalue weighted by Crippen LogP contribution is 2.31. The molecule has 0 saturated heterocycles. The second-order valence-corrected chi connectivity index (χ2v) is 6.33. The molecular weight excluding hydrogens is 260 g/mol. The zero-order chi connectivity index (χ0) is 11.5. The van der Waals surface area contributed by atoms with Gasteiger partial charge in [-0.25, -0.2) is 4.79 Å². The lowest BCUT2D eigenvalue weighted by molar-refractivity contribution is 0.0696. The summed E-state index contributed by atoms with van der Waals surface area (Å²) in [5.41, 5.74) is 0.436. The van der Waals surface area contributed by atoms with Crippen molar-refractivity contribution >= 4 is 40.4 Å². The third-order valence-electron chi connectivity index (χ3n) is 2.15. The van der Waals surface area contributed by atoms with Crippen LogP contribution < -0.4 is 0 Å².